The zero-order chi connectivity index (χ0) is 13.5. The van der Waals surface area contributed by atoms with Gasteiger partial charge in [-0.15, -0.1) is 19.0 Å². The van der Waals surface area contributed by atoms with Crippen molar-refractivity contribution in [1.29, 1.82) is 0 Å². The molecule has 3 N–H and O–H groups in total. The van der Waals surface area contributed by atoms with Crippen LogP contribution in [0.3, 0.4) is 0 Å². The van der Waals surface area contributed by atoms with Crippen LogP contribution in [0.4, 0.5) is 0 Å². The number of rotatable bonds is 9. The molecule has 0 aliphatic rings. The van der Waals surface area contributed by atoms with Crippen molar-refractivity contribution >= 4 is 18.4 Å². The molecule has 18 heavy (non-hydrogen) atoms. The first-order chi connectivity index (χ1) is 7.92. The molecule has 0 aromatic heterocycles. The minimum atomic E-state index is -1.07. The molecule has 0 saturated heterocycles. The van der Waals surface area contributed by atoms with E-state index >= 15 is 0 Å². The Morgan fingerprint density at radius 3 is 2.39 bits per heavy atom. The number of nitrogens with two attached hydrogens (primary N) is 1. The van der Waals surface area contributed by atoms with E-state index in [1.54, 1.807) is 0 Å². The second-order valence-corrected chi connectivity index (χ2v) is 5.01. The molecule has 0 aliphatic carbocycles. The van der Waals surface area contributed by atoms with Gasteiger partial charge in [0, 0.05) is 0 Å². The number of halogens is 1. The first kappa shape index (κ1) is 19.8. The summed E-state index contributed by atoms with van der Waals surface area (Å²) in [5, 5.41) is 9.28. The zero-order valence-corrected chi connectivity index (χ0v) is 12.6. The fourth-order valence-corrected chi connectivity index (χ4v) is 2.36. The van der Waals surface area contributed by atoms with Crippen LogP contribution in [0.1, 0.15) is 52.9 Å². The first-order valence-electron chi connectivity index (χ1n) is 6.55. The summed E-state index contributed by atoms with van der Waals surface area (Å²) in [7, 11) is 0. The summed E-state index contributed by atoms with van der Waals surface area (Å²) in [5.74, 6) is -0.334. The van der Waals surface area contributed by atoms with Crippen molar-refractivity contribution in [3.63, 3.8) is 0 Å². The van der Waals surface area contributed by atoms with Gasteiger partial charge in [-0.2, -0.15) is 0 Å². The number of aliphatic carboxylic acids is 1. The molecule has 108 valence electrons. The standard InChI is InChI=1S/C14H27NO2.ClH/c1-5-8-9-11(4)10-12(6-2)14(15,7-3)13(16)17;/h5,11-12H,1,6-10,15H2,2-4H3,(H,16,17);1H/t11?,12-,14?;/m1./s1. The van der Waals surface area contributed by atoms with Crippen molar-refractivity contribution < 1.29 is 9.90 Å². The Morgan fingerprint density at radius 2 is 2.06 bits per heavy atom. The molecule has 0 rings (SSSR count). The Bertz CT molecular complexity index is 258. The van der Waals surface area contributed by atoms with Crippen molar-refractivity contribution in [1.82, 2.24) is 0 Å². The van der Waals surface area contributed by atoms with Crippen LogP contribution in [-0.2, 0) is 4.79 Å². The van der Waals surface area contributed by atoms with E-state index < -0.39 is 11.5 Å². The molecule has 0 spiro atoms. The van der Waals surface area contributed by atoms with E-state index in [2.05, 4.69) is 13.5 Å². The maximum absolute atomic E-state index is 11.3. The quantitative estimate of drug-likeness (QED) is 0.633. The van der Waals surface area contributed by atoms with Crippen LogP contribution in [0, 0.1) is 11.8 Å². The Hall–Kier alpha value is -0.540. The van der Waals surface area contributed by atoms with Gasteiger partial charge >= 0.3 is 5.97 Å². The number of allylic oxidation sites excluding steroid dienone is 1. The highest BCUT2D eigenvalue weighted by atomic mass is 35.5. The predicted octanol–water partition coefficient (Wildman–Crippen LogP) is 3.62. The average Bonchev–Trinajstić information content (AvgIpc) is 2.31. The lowest BCUT2D eigenvalue weighted by atomic mass is 9.75. The Labute approximate surface area is 117 Å². The van der Waals surface area contributed by atoms with E-state index in [1.165, 1.54) is 0 Å². The predicted molar refractivity (Wildman–Crippen MR) is 79.1 cm³/mol. The third-order valence-electron chi connectivity index (χ3n) is 3.75. The fourth-order valence-electron chi connectivity index (χ4n) is 2.36. The van der Waals surface area contributed by atoms with E-state index in [9.17, 15) is 9.90 Å². The normalized spacial score (nSPS) is 17.1. The summed E-state index contributed by atoms with van der Waals surface area (Å²) in [5.41, 5.74) is 4.98. The SMILES string of the molecule is C=CCCC(C)C[C@@H](CC)C(N)(CC)C(=O)O.Cl. The van der Waals surface area contributed by atoms with Gasteiger partial charge < -0.3 is 10.8 Å². The van der Waals surface area contributed by atoms with Crippen molar-refractivity contribution in [3.05, 3.63) is 12.7 Å². The molecule has 0 radical (unpaired) electrons. The van der Waals surface area contributed by atoms with Gasteiger partial charge in [-0.3, -0.25) is 4.79 Å². The largest absolute Gasteiger partial charge is 0.480 e. The van der Waals surface area contributed by atoms with Gasteiger partial charge in [0.15, 0.2) is 0 Å². The first-order valence-corrected chi connectivity index (χ1v) is 6.55. The molecule has 3 nitrogen and oxygen atoms in total. The molecule has 0 heterocycles. The van der Waals surface area contributed by atoms with Crippen molar-refractivity contribution in [2.24, 2.45) is 17.6 Å². The highest BCUT2D eigenvalue weighted by Crippen LogP contribution is 2.30. The number of carboxylic acid groups (broad SMARTS) is 1. The van der Waals surface area contributed by atoms with E-state index in [0.29, 0.717) is 12.3 Å². The Kier molecular flexibility index (Phi) is 10.3. The van der Waals surface area contributed by atoms with E-state index in [4.69, 9.17) is 5.73 Å². The van der Waals surface area contributed by atoms with Gasteiger partial charge in [0.05, 0.1) is 0 Å². The van der Waals surface area contributed by atoms with Crippen LogP contribution in [0.15, 0.2) is 12.7 Å². The number of hydrogen-bond donors (Lipinski definition) is 2. The summed E-state index contributed by atoms with van der Waals surface area (Å²) < 4.78 is 0. The minimum absolute atomic E-state index is 0. The molecular formula is C14H28ClNO2. The topological polar surface area (TPSA) is 63.3 Å². The van der Waals surface area contributed by atoms with Crippen LogP contribution in [0.2, 0.25) is 0 Å². The van der Waals surface area contributed by atoms with Gasteiger partial charge in [-0.25, -0.2) is 0 Å². The Morgan fingerprint density at radius 1 is 1.50 bits per heavy atom. The maximum atomic E-state index is 11.3. The van der Waals surface area contributed by atoms with Gasteiger partial charge in [-0.05, 0) is 37.5 Å². The summed E-state index contributed by atoms with van der Waals surface area (Å²) in [6, 6.07) is 0. The third kappa shape index (κ3) is 5.40. The molecule has 0 saturated carbocycles. The lowest BCUT2D eigenvalue weighted by molar-refractivity contribution is -0.146. The van der Waals surface area contributed by atoms with Crippen LogP contribution in [0.5, 0.6) is 0 Å². The minimum Gasteiger partial charge on any atom is -0.480 e. The molecule has 0 amide bonds. The van der Waals surface area contributed by atoms with Crippen LogP contribution in [0.25, 0.3) is 0 Å². The third-order valence-corrected chi connectivity index (χ3v) is 3.75. The summed E-state index contributed by atoms with van der Waals surface area (Å²) in [6.07, 6.45) is 6.11. The molecule has 0 aliphatic heterocycles. The molecule has 0 aromatic carbocycles. The molecular weight excluding hydrogens is 250 g/mol. The smallest absolute Gasteiger partial charge is 0.323 e. The van der Waals surface area contributed by atoms with Crippen molar-refractivity contribution in [3.8, 4) is 0 Å². The monoisotopic (exact) mass is 277 g/mol. The second-order valence-electron chi connectivity index (χ2n) is 5.01. The fraction of sp³-hybridized carbons (Fsp3) is 0.786. The average molecular weight is 278 g/mol. The molecule has 2 unspecified atom stereocenters. The molecule has 0 bridgehead atoms. The zero-order valence-electron chi connectivity index (χ0n) is 11.8. The summed E-state index contributed by atoms with van der Waals surface area (Å²) in [4.78, 5) is 11.3. The molecule has 3 atom stereocenters. The molecule has 4 heteroatoms. The molecule has 0 aromatic rings. The van der Waals surface area contributed by atoms with E-state index in [1.807, 2.05) is 19.9 Å². The number of hydrogen-bond acceptors (Lipinski definition) is 2. The van der Waals surface area contributed by atoms with E-state index in [0.717, 1.165) is 25.7 Å². The number of carboxylic acids is 1. The molecule has 0 fully saturated rings. The van der Waals surface area contributed by atoms with Gasteiger partial charge in [0.25, 0.3) is 0 Å². The Balaban J connectivity index is 0. The van der Waals surface area contributed by atoms with Crippen LogP contribution < -0.4 is 5.73 Å². The second kappa shape index (κ2) is 9.40. The van der Waals surface area contributed by atoms with Gasteiger partial charge in [0.1, 0.15) is 5.54 Å². The number of carbonyl (C=O) groups is 1. The lowest BCUT2D eigenvalue weighted by Crippen LogP contribution is -2.53. The van der Waals surface area contributed by atoms with Crippen LogP contribution >= 0.6 is 12.4 Å². The summed E-state index contributed by atoms with van der Waals surface area (Å²) >= 11 is 0. The maximum Gasteiger partial charge on any atom is 0.323 e. The summed E-state index contributed by atoms with van der Waals surface area (Å²) in [6.45, 7) is 9.73. The van der Waals surface area contributed by atoms with Crippen molar-refractivity contribution in [2.75, 3.05) is 0 Å². The van der Waals surface area contributed by atoms with Crippen molar-refractivity contribution in [2.45, 2.75) is 58.4 Å². The lowest BCUT2D eigenvalue weighted by Gasteiger charge is -2.34. The van der Waals surface area contributed by atoms with Gasteiger partial charge in [-0.1, -0.05) is 33.3 Å². The van der Waals surface area contributed by atoms with Crippen LogP contribution in [-0.4, -0.2) is 16.6 Å². The van der Waals surface area contributed by atoms with Gasteiger partial charge in [0.2, 0.25) is 0 Å². The highest BCUT2D eigenvalue weighted by molar-refractivity contribution is 5.85. The van der Waals surface area contributed by atoms with E-state index in [-0.39, 0.29) is 18.3 Å². The highest BCUT2D eigenvalue weighted by Gasteiger charge is 2.39.